The van der Waals surface area contributed by atoms with E-state index in [0.29, 0.717) is 46.0 Å². The van der Waals surface area contributed by atoms with Gasteiger partial charge in [0.25, 0.3) is 5.91 Å². The summed E-state index contributed by atoms with van der Waals surface area (Å²) >= 11 is 27.7. The third-order valence-electron chi connectivity index (χ3n) is 10.7. The average molecular weight is 907 g/mol. The van der Waals surface area contributed by atoms with E-state index < -0.39 is 5.25 Å². The van der Waals surface area contributed by atoms with Gasteiger partial charge in [0.1, 0.15) is 22.5 Å². The zero-order valence-electron chi connectivity index (χ0n) is 35.7. The van der Waals surface area contributed by atoms with Gasteiger partial charge in [-0.2, -0.15) is 0 Å². The first-order chi connectivity index (χ1) is 28.4. The third kappa shape index (κ3) is 15.4. The Balaban J connectivity index is 1.58. The predicted molar refractivity (Wildman–Crippen MR) is 254 cm³/mol. The van der Waals surface area contributed by atoms with E-state index in [1.54, 1.807) is 30.3 Å². The van der Waals surface area contributed by atoms with Crippen molar-refractivity contribution in [1.82, 2.24) is 5.43 Å². The van der Waals surface area contributed by atoms with Crippen molar-refractivity contribution < 1.29 is 14.3 Å². The number of carbonyl (C=O) groups is 2. The highest BCUT2D eigenvalue weighted by Gasteiger charge is 2.42. The number of nitrogens with one attached hydrogen (secondary N) is 2. The standard InChI is InChI=1S/C47H64Cl4N4O3S/c1-6-9-12-13-14-15-16-17-18-19-20-22-42(56)52-35-24-25-36(49)39(32-35)53-45-44(46(57)55(54-45)43-37(50)30-34(48)31-38(43)51)59-41-29-33(47(4,5)27-21-10-7-2)23-26-40(41)58-28-11-8-3/h23-26,29-32,44H,6-22,27-28H2,1-5H3,(H,52,56)(H,53,54). The Morgan fingerprint density at radius 2 is 1.39 bits per heavy atom. The van der Waals surface area contributed by atoms with Crippen LogP contribution < -0.4 is 20.5 Å². The second kappa shape index (κ2) is 25.3. The molecule has 7 nitrogen and oxygen atoms in total. The Labute approximate surface area is 378 Å². The van der Waals surface area contributed by atoms with Crippen molar-refractivity contribution in [2.75, 3.05) is 16.9 Å². The van der Waals surface area contributed by atoms with Gasteiger partial charge in [-0.15, -0.1) is 11.8 Å². The fourth-order valence-corrected chi connectivity index (χ4v) is 9.36. The maximum absolute atomic E-state index is 14.6. The molecular weight excluding hydrogens is 842 g/mol. The van der Waals surface area contributed by atoms with Crippen LogP contribution in [0.3, 0.4) is 0 Å². The molecule has 2 amide bonds. The molecule has 0 aliphatic carbocycles. The van der Waals surface area contributed by atoms with Crippen molar-refractivity contribution in [1.29, 1.82) is 0 Å². The summed E-state index contributed by atoms with van der Waals surface area (Å²) in [6, 6.07) is 14.6. The van der Waals surface area contributed by atoms with Gasteiger partial charge >= 0.3 is 0 Å². The van der Waals surface area contributed by atoms with Gasteiger partial charge in [0, 0.05) is 17.1 Å². The molecule has 1 saturated heterocycles. The molecule has 12 heteroatoms. The fraction of sp³-hybridized carbons (Fsp3) is 0.553. The van der Waals surface area contributed by atoms with Crippen molar-refractivity contribution in [2.24, 2.45) is 4.99 Å². The summed E-state index contributed by atoms with van der Waals surface area (Å²) in [4.78, 5) is 33.3. The molecule has 1 aliphatic heterocycles. The number of benzene rings is 3. The second-order valence-corrected chi connectivity index (χ2v) is 19.0. The average Bonchev–Trinajstić information content (AvgIpc) is 3.48. The minimum Gasteiger partial charge on any atom is -0.492 e. The van der Waals surface area contributed by atoms with E-state index >= 15 is 0 Å². The molecule has 324 valence electrons. The first-order valence-electron chi connectivity index (χ1n) is 21.8. The first kappa shape index (κ1) is 49.0. The van der Waals surface area contributed by atoms with Gasteiger partial charge in [0.2, 0.25) is 5.91 Å². The number of hydrogen-bond donors (Lipinski definition) is 2. The molecule has 1 heterocycles. The summed E-state index contributed by atoms with van der Waals surface area (Å²) in [5, 5.41) is 4.59. The minimum atomic E-state index is -0.861. The highest BCUT2D eigenvalue weighted by molar-refractivity contribution is 8.01. The number of unbranched alkanes of at least 4 members (excludes halogenated alkanes) is 13. The SMILES string of the molecule is CCCCCCCCCCCCCC(=O)Nc1ccc(Cl)c(N=C2NN(c3c(Cl)cc(Cl)cc3Cl)C(=O)C2Sc2cc(C(C)(C)CCCCC)ccc2OCCCC)c1. The number of amidine groups is 1. The van der Waals surface area contributed by atoms with Crippen molar-refractivity contribution >= 4 is 92.9 Å². The number of hydrogen-bond acceptors (Lipinski definition) is 5. The molecule has 0 bridgehead atoms. The van der Waals surface area contributed by atoms with Crippen molar-refractivity contribution in [3.8, 4) is 5.75 Å². The molecule has 0 saturated carbocycles. The Morgan fingerprint density at radius 1 is 0.780 bits per heavy atom. The number of amides is 2. The number of aliphatic imine (C=N–C) groups is 1. The van der Waals surface area contributed by atoms with Gasteiger partial charge in [0.05, 0.1) is 32.3 Å². The van der Waals surface area contributed by atoms with Crippen LogP contribution in [-0.4, -0.2) is 29.5 Å². The lowest BCUT2D eigenvalue weighted by molar-refractivity contribution is -0.117. The highest BCUT2D eigenvalue weighted by atomic mass is 35.5. The summed E-state index contributed by atoms with van der Waals surface area (Å²) in [6.45, 7) is 11.7. The third-order valence-corrected chi connectivity index (χ3v) is 13.1. The smallest absolute Gasteiger partial charge is 0.267 e. The molecule has 1 aliphatic rings. The predicted octanol–water partition coefficient (Wildman–Crippen LogP) is 15.7. The lowest BCUT2D eigenvalue weighted by Crippen LogP contribution is -2.36. The summed E-state index contributed by atoms with van der Waals surface area (Å²) in [5.74, 6) is 0.626. The Morgan fingerprint density at radius 3 is 2.03 bits per heavy atom. The number of halogens is 4. The van der Waals surface area contributed by atoms with E-state index in [1.165, 1.54) is 74.6 Å². The Kier molecular flexibility index (Phi) is 21.1. The van der Waals surface area contributed by atoms with E-state index in [-0.39, 0.29) is 33.0 Å². The normalized spacial score (nSPS) is 14.9. The van der Waals surface area contributed by atoms with Crippen LogP contribution in [0, 0.1) is 0 Å². The van der Waals surface area contributed by atoms with E-state index in [9.17, 15) is 9.59 Å². The summed E-state index contributed by atoms with van der Waals surface area (Å²) in [5.41, 5.74) is 5.48. The number of nitrogens with zero attached hydrogens (tertiary/aromatic N) is 2. The number of hydrazine groups is 1. The number of carbonyl (C=O) groups excluding carboxylic acids is 2. The van der Waals surface area contributed by atoms with E-state index in [2.05, 4.69) is 57.5 Å². The van der Waals surface area contributed by atoms with Crippen LogP contribution in [-0.2, 0) is 15.0 Å². The zero-order valence-corrected chi connectivity index (χ0v) is 39.5. The molecular formula is C47H64Cl4N4O3S. The highest BCUT2D eigenvalue weighted by Crippen LogP contribution is 2.43. The molecule has 2 N–H and O–H groups in total. The topological polar surface area (TPSA) is 83.0 Å². The van der Waals surface area contributed by atoms with E-state index in [4.69, 9.17) is 56.1 Å². The zero-order chi connectivity index (χ0) is 42.8. The first-order valence-corrected chi connectivity index (χ1v) is 24.1. The molecule has 1 unspecified atom stereocenters. The monoisotopic (exact) mass is 904 g/mol. The van der Waals surface area contributed by atoms with E-state index in [1.807, 2.05) is 6.07 Å². The molecule has 1 atom stereocenters. The number of rotatable bonds is 26. The number of ether oxygens (including phenoxy) is 1. The fourth-order valence-electron chi connectivity index (χ4n) is 7.10. The van der Waals surface area contributed by atoms with Gasteiger partial charge in [0.15, 0.2) is 0 Å². The molecule has 59 heavy (non-hydrogen) atoms. The van der Waals surface area contributed by atoms with Gasteiger partial charge in [-0.1, -0.05) is 177 Å². The van der Waals surface area contributed by atoms with Crippen LogP contribution in [0.4, 0.5) is 17.1 Å². The quantitative estimate of drug-likeness (QED) is 0.0784. The van der Waals surface area contributed by atoms with Crippen molar-refractivity contribution in [3.63, 3.8) is 0 Å². The molecule has 3 aromatic rings. The van der Waals surface area contributed by atoms with Crippen LogP contribution in [0.2, 0.25) is 20.1 Å². The van der Waals surface area contributed by atoms with E-state index in [0.717, 1.165) is 61.8 Å². The lowest BCUT2D eigenvalue weighted by atomic mass is 9.80. The van der Waals surface area contributed by atoms with Gasteiger partial charge in [-0.05, 0) is 72.7 Å². The summed E-state index contributed by atoms with van der Waals surface area (Å²) in [6.07, 6.45) is 20.2. The molecule has 3 aromatic carbocycles. The maximum Gasteiger partial charge on any atom is 0.267 e. The molecule has 0 aromatic heterocycles. The Bertz CT molecular complexity index is 1830. The number of thioether (sulfide) groups is 1. The van der Waals surface area contributed by atoms with Crippen LogP contribution >= 0.6 is 58.2 Å². The van der Waals surface area contributed by atoms with Crippen LogP contribution in [0.15, 0.2) is 58.4 Å². The van der Waals surface area contributed by atoms with Crippen molar-refractivity contribution in [3.05, 3.63) is 74.2 Å². The summed E-state index contributed by atoms with van der Waals surface area (Å²) in [7, 11) is 0. The maximum atomic E-state index is 14.6. The molecule has 0 spiro atoms. The van der Waals surface area contributed by atoms with Gasteiger partial charge < -0.3 is 10.1 Å². The minimum absolute atomic E-state index is 0.0595. The molecule has 0 radical (unpaired) electrons. The lowest BCUT2D eigenvalue weighted by Gasteiger charge is -2.27. The molecule has 4 rings (SSSR count). The van der Waals surface area contributed by atoms with Gasteiger partial charge in [-0.3, -0.25) is 15.0 Å². The van der Waals surface area contributed by atoms with Gasteiger partial charge in [-0.25, -0.2) is 10.0 Å². The van der Waals surface area contributed by atoms with Crippen LogP contribution in [0.5, 0.6) is 5.75 Å². The number of anilines is 2. The second-order valence-electron chi connectivity index (χ2n) is 16.2. The Hall–Kier alpha value is -2.62. The largest absolute Gasteiger partial charge is 0.492 e. The van der Waals surface area contributed by atoms with Crippen molar-refractivity contribution in [2.45, 2.75) is 166 Å². The molecule has 1 fully saturated rings. The summed E-state index contributed by atoms with van der Waals surface area (Å²) < 4.78 is 6.33. The van der Waals surface area contributed by atoms with Crippen LogP contribution in [0.1, 0.15) is 156 Å². The van der Waals surface area contributed by atoms with Crippen LogP contribution in [0.25, 0.3) is 0 Å².